The smallest absolute Gasteiger partial charge is 0.338 e. The van der Waals surface area contributed by atoms with Crippen LogP contribution in [0.2, 0.25) is 5.02 Å². The van der Waals surface area contributed by atoms with E-state index < -0.39 is 0 Å². The number of anilines is 1. The van der Waals surface area contributed by atoms with Gasteiger partial charge in [0.15, 0.2) is 5.78 Å². The standard InChI is InChI=1S/C28H29ClN4O4/c1-36-23-7-5-19(6-8-23)27(35)37-14-13-32-9-11-33(12-10-32)28-30-18-24-25(31-28)16-21(17-26(24)34)20-3-2-4-22(29)15-20/h2-8,15,18,21H,9-14,16-17H2,1H3/t21-/m0/s1. The molecule has 5 rings (SSSR count). The lowest BCUT2D eigenvalue weighted by Crippen LogP contribution is -2.48. The van der Waals surface area contributed by atoms with E-state index in [9.17, 15) is 9.59 Å². The van der Waals surface area contributed by atoms with Crippen LogP contribution in [-0.4, -0.2) is 73.1 Å². The second-order valence-corrected chi connectivity index (χ2v) is 9.74. The molecule has 2 aromatic carbocycles. The van der Waals surface area contributed by atoms with Crippen LogP contribution in [0.25, 0.3) is 0 Å². The fourth-order valence-electron chi connectivity index (χ4n) is 4.83. The van der Waals surface area contributed by atoms with E-state index in [2.05, 4.69) is 14.8 Å². The van der Waals surface area contributed by atoms with Gasteiger partial charge in [0.25, 0.3) is 0 Å². The van der Waals surface area contributed by atoms with Crippen molar-refractivity contribution in [2.24, 2.45) is 0 Å². The molecular weight excluding hydrogens is 492 g/mol. The van der Waals surface area contributed by atoms with Gasteiger partial charge in [-0.05, 0) is 54.3 Å². The minimum absolute atomic E-state index is 0.0684. The number of hydrogen-bond acceptors (Lipinski definition) is 8. The Labute approximate surface area is 221 Å². The van der Waals surface area contributed by atoms with Crippen LogP contribution in [0, 0.1) is 0 Å². The Morgan fingerprint density at radius 1 is 1.08 bits per heavy atom. The van der Waals surface area contributed by atoms with Crippen LogP contribution in [0.4, 0.5) is 5.95 Å². The van der Waals surface area contributed by atoms with Crippen molar-refractivity contribution in [3.8, 4) is 5.75 Å². The highest BCUT2D eigenvalue weighted by molar-refractivity contribution is 6.30. The van der Waals surface area contributed by atoms with Crippen LogP contribution in [0.1, 0.15) is 44.3 Å². The van der Waals surface area contributed by atoms with Gasteiger partial charge in [-0.25, -0.2) is 14.8 Å². The number of esters is 1. The van der Waals surface area contributed by atoms with Gasteiger partial charge in [0, 0.05) is 50.4 Å². The number of ketones is 1. The van der Waals surface area contributed by atoms with E-state index in [1.165, 1.54) is 0 Å². The third-order valence-electron chi connectivity index (χ3n) is 6.97. The van der Waals surface area contributed by atoms with Gasteiger partial charge in [-0.1, -0.05) is 23.7 Å². The summed E-state index contributed by atoms with van der Waals surface area (Å²) in [5, 5.41) is 0.674. The first-order valence-electron chi connectivity index (χ1n) is 12.4. The summed E-state index contributed by atoms with van der Waals surface area (Å²) in [4.78, 5) is 38.8. The SMILES string of the molecule is COc1ccc(C(=O)OCCN2CCN(c3ncc4c(n3)C[C@H](c3cccc(Cl)c3)CC4=O)CC2)cc1. The van der Waals surface area contributed by atoms with Crippen molar-refractivity contribution in [2.45, 2.75) is 18.8 Å². The van der Waals surface area contributed by atoms with Crippen molar-refractivity contribution >= 4 is 29.3 Å². The van der Waals surface area contributed by atoms with Crippen LogP contribution in [0.15, 0.2) is 54.7 Å². The van der Waals surface area contributed by atoms with Crippen LogP contribution < -0.4 is 9.64 Å². The van der Waals surface area contributed by atoms with E-state index in [0.717, 1.165) is 37.4 Å². The van der Waals surface area contributed by atoms with Gasteiger partial charge < -0.3 is 14.4 Å². The zero-order valence-corrected chi connectivity index (χ0v) is 21.5. The lowest BCUT2D eigenvalue weighted by Gasteiger charge is -2.35. The quantitative estimate of drug-likeness (QED) is 0.432. The summed E-state index contributed by atoms with van der Waals surface area (Å²) < 4.78 is 10.6. The molecule has 0 unspecified atom stereocenters. The number of methoxy groups -OCH3 is 1. The number of carbonyl (C=O) groups is 2. The summed E-state index contributed by atoms with van der Waals surface area (Å²) in [6.07, 6.45) is 2.81. The summed E-state index contributed by atoms with van der Waals surface area (Å²) in [7, 11) is 1.59. The van der Waals surface area contributed by atoms with E-state index in [1.807, 2.05) is 24.3 Å². The van der Waals surface area contributed by atoms with E-state index in [1.54, 1.807) is 37.6 Å². The normalized spacial score (nSPS) is 17.8. The molecule has 1 aliphatic heterocycles. The minimum atomic E-state index is -0.339. The largest absolute Gasteiger partial charge is 0.497 e. The molecule has 0 amide bonds. The number of Topliss-reactive ketones (excluding diaryl/α,β-unsaturated/α-hetero) is 1. The highest BCUT2D eigenvalue weighted by Crippen LogP contribution is 2.33. The number of halogens is 1. The first kappa shape index (κ1) is 25.2. The monoisotopic (exact) mass is 520 g/mol. The lowest BCUT2D eigenvalue weighted by molar-refractivity contribution is 0.0459. The maximum atomic E-state index is 12.8. The molecule has 3 aromatic rings. The fraction of sp³-hybridized carbons (Fsp3) is 0.357. The Morgan fingerprint density at radius 2 is 1.86 bits per heavy atom. The molecule has 0 saturated carbocycles. The number of carbonyl (C=O) groups excluding carboxylic acids is 2. The lowest BCUT2D eigenvalue weighted by atomic mass is 9.82. The topological polar surface area (TPSA) is 84.9 Å². The second kappa shape index (κ2) is 11.3. The number of piperazine rings is 1. The van der Waals surface area contributed by atoms with Crippen molar-refractivity contribution in [2.75, 3.05) is 51.3 Å². The van der Waals surface area contributed by atoms with Crippen molar-refractivity contribution in [1.82, 2.24) is 14.9 Å². The van der Waals surface area contributed by atoms with E-state index >= 15 is 0 Å². The minimum Gasteiger partial charge on any atom is -0.497 e. The Hall–Kier alpha value is -3.49. The molecule has 1 aliphatic carbocycles. The van der Waals surface area contributed by atoms with Crippen LogP contribution in [0.3, 0.4) is 0 Å². The maximum absolute atomic E-state index is 12.8. The van der Waals surface area contributed by atoms with E-state index in [0.29, 0.717) is 53.8 Å². The molecule has 0 spiro atoms. The average Bonchev–Trinajstić information content (AvgIpc) is 2.93. The molecular formula is C28H29ClN4O4. The number of nitrogens with zero attached hydrogens (tertiary/aromatic N) is 4. The van der Waals surface area contributed by atoms with Crippen molar-refractivity contribution in [3.05, 3.63) is 82.1 Å². The van der Waals surface area contributed by atoms with Gasteiger partial charge in [0.1, 0.15) is 12.4 Å². The summed E-state index contributed by atoms with van der Waals surface area (Å²) in [5.41, 5.74) is 3.00. The van der Waals surface area contributed by atoms with Gasteiger partial charge in [-0.15, -0.1) is 0 Å². The molecule has 192 valence electrons. The van der Waals surface area contributed by atoms with Gasteiger partial charge in [-0.3, -0.25) is 9.69 Å². The Bertz CT molecular complexity index is 1280. The molecule has 9 heteroatoms. The number of hydrogen-bond donors (Lipinski definition) is 0. The van der Waals surface area contributed by atoms with Gasteiger partial charge >= 0.3 is 5.97 Å². The zero-order chi connectivity index (χ0) is 25.8. The summed E-state index contributed by atoms with van der Waals surface area (Å²) >= 11 is 6.17. The third-order valence-corrected chi connectivity index (χ3v) is 7.20. The predicted molar refractivity (Wildman–Crippen MR) is 141 cm³/mol. The van der Waals surface area contributed by atoms with Crippen LogP contribution in [-0.2, 0) is 11.2 Å². The molecule has 1 aromatic heterocycles. The molecule has 0 radical (unpaired) electrons. The first-order valence-corrected chi connectivity index (χ1v) is 12.8. The molecule has 1 saturated heterocycles. The Morgan fingerprint density at radius 3 is 2.59 bits per heavy atom. The number of rotatable bonds is 7. The zero-order valence-electron chi connectivity index (χ0n) is 20.7. The van der Waals surface area contributed by atoms with Crippen LogP contribution >= 0.6 is 11.6 Å². The summed E-state index contributed by atoms with van der Waals surface area (Å²) in [6.45, 7) is 4.13. The van der Waals surface area contributed by atoms with Crippen molar-refractivity contribution in [3.63, 3.8) is 0 Å². The highest BCUT2D eigenvalue weighted by atomic mass is 35.5. The number of ether oxygens (including phenoxy) is 2. The third kappa shape index (κ3) is 5.92. The van der Waals surface area contributed by atoms with Crippen molar-refractivity contribution < 1.29 is 19.1 Å². The van der Waals surface area contributed by atoms with Gasteiger partial charge in [0.2, 0.25) is 5.95 Å². The Kier molecular flexibility index (Phi) is 7.67. The van der Waals surface area contributed by atoms with Gasteiger partial charge in [0.05, 0.1) is 23.9 Å². The number of fused-ring (bicyclic) bond motifs is 1. The molecule has 1 fully saturated rings. The molecule has 37 heavy (non-hydrogen) atoms. The number of benzene rings is 2. The molecule has 0 N–H and O–H groups in total. The molecule has 8 nitrogen and oxygen atoms in total. The first-order chi connectivity index (χ1) is 18.0. The molecule has 0 bridgehead atoms. The molecule has 2 heterocycles. The summed E-state index contributed by atoms with van der Waals surface area (Å²) in [5.74, 6) is 1.16. The predicted octanol–water partition coefficient (Wildman–Crippen LogP) is 4.03. The highest BCUT2D eigenvalue weighted by Gasteiger charge is 2.29. The van der Waals surface area contributed by atoms with Crippen molar-refractivity contribution in [1.29, 1.82) is 0 Å². The van der Waals surface area contributed by atoms with E-state index in [-0.39, 0.29) is 17.7 Å². The maximum Gasteiger partial charge on any atom is 0.338 e. The van der Waals surface area contributed by atoms with Gasteiger partial charge in [-0.2, -0.15) is 0 Å². The fourth-order valence-corrected chi connectivity index (χ4v) is 5.03. The average molecular weight is 521 g/mol. The molecule has 1 atom stereocenters. The van der Waals surface area contributed by atoms with Crippen LogP contribution in [0.5, 0.6) is 5.75 Å². The Balaban J connectivity index is 1.14. The summed E-state index contributed by atoms with van der Waals surface area (Å²) in [6, 6.07) is 14.6. The second-order valence-electron chi connectivity index (χ2n) is 9.31. The number of aromatic nitrogens is 2. The molecule has 2 aliphatic rings. The van der Waals surface area contributed by atoms with E-state index in [4.69, 9.17) is 26.1 Å².